The first kappa shape index (κ1) is 11.0. The number of ether oxygens (including phenoxy) is 1. The van der Waals surface area contributed by atoms with Gasteiger partial charge in [-0.05, 0) is 12.8 Å². The van der Waals surface area contributed by atoms with Crippen molar-refractivity contribution in [1.29, 1.82) is 0 Å². The van der Waals surface area contributed by atoms with Gasteiger partial charge in [-0.25, -0.2) is 4.98 Å². The first-order chi connectivity index (χ1) is 7.18. The highest BCUT2D eigenvalue weighted by atomic mass is 32.1. The first-order valence-electron chi connectivity index (χ1n) is 5.48. The summed E-state index contributed by atoms with van der Waals surface area (Å²) in [5.41, 5.74) is 1.15. The number of aromatic nitrogens is 1. The van der Waals surface area contributed by atoms with E-state index in [0.717, 1.165) is 30.4 Å². The van der Waals surface area contributed by atoms with Crippen LogP contribution in [-0.4, -0.2) is 24.7 Å². The molecule has 3 nitrogen and oxygen atoms in total. The third-order valence-corrected chi connectivity index (χ3v) is 3.83. The van der Waals surface area contributed by atoms with Gasteiger partial charge in [0.15, 0.2) is 0 Å². The lowest BCUT2D eigenvalue weighted by atomic mass is 10.1. The lowest BCUT2D eigenvalue weighted by molar-refractivity contribution is 0.0247. The molecule has 1 N–H and O–H groups in total. The number of hydrogen-bond acceptors (Lipinski definition) is 4. The maximum atomic E-state index is 5.75. The van der Waals surface area contributed by atoms with Crippen LogP contribution >= 0.6 is 11.3 Å². The van der Waals surface area contributed by atoms with E-state index >= 15 is 0 Å². The van der Waals surface area contributed by atoms with Crippen molar-refractivity contribution in [3.05, 3.63) is 15.6 Å². The number of aryl methyl sites for hydroxylation is 1. The van der Waals surface area contributed by atoms with Crippen LogP contribution in [0.25, 0.3) is 0 Å². The molecule has 0 aliphatic carbocycles. The Morgan fingerprint density at radius 1 is 1.53 bits per heavy atom. The van der Waals surface area contributed by atoms with Crippen LogP contribution in [0, 0.1) is 6.92 Å². The molecular weight excluding hydrogens is 208 g/mol. The second-order valence-corrected chi connectivity index (χ2v) is 5.44. The maximum Gasteiger partial charge on any atom is 0.113 e. The van der Waals surface area contributed by atoms with Crippen LogP contribution < -0.4 is 5.32 Å². The zero-order chi connectivity index (χ0) is 10.8. The fraction of sp³-hybridized carbons (Fsp3) is 0.727. The van der Waals surface area contributed by atoms with E-state index in [4.69, 9.17) is 4.74 Å². The first-order valence-corrected chi connectivity index (χ1v) is 6.29. The van der Waals surface area contributed by atoms with Crippen molar-refractivity contribution in [2.45, 2.75) is 32.8 Å². The van der Waals surface area contributed by atoms with E-state index in [2.05, 4.69) is 31.1 Å². The van der Waals surface area contributed by atoms with Crippen LogP contribution in [-0.2, 0) is 4.74 Å². The molecular formula is C11H18N2OS. The van der Waals surface area contributed by atoms with Gasteiger partial charge in [-0.3, -0.25) is 0 Å². The van der Waals surface area contributed by atoms with E-state index in [-0.39, 0.29) is 6.10 Å². The Kier molecular flexibility index (Phi) is 3.38. The van der Waals surface area contributed by atoms with Crippen LogP contribution in [0.3, 0.4) is 0 Å². The summed E-state index contributed by atoms with van der Waals surface area (Å²) in [6, 6.07) is 0. The lowest BCUT2D eigenvalue weighted by Gasteiger charge is -2.23. The lowest BCUT2D eigenvalue weighted by Crippen LogP contribution is -2.34. The number of nitrogens with zero attached hydrogens (tertiary/aromatic N) is 1. The van der Waals surface area contributed by atoms with Crippen molar-refractivity contribution in [2.24, 2.45) is 0 Å². The van der Waals surface area contributed by atoms with E-state index in [1.807, 2.05) is 0 Å². The van der Waals surface area contributed by atoms with E-state index in [9.17, 15) is 0 Å². The summed E-state index contributed by atoms with van der Waals surface area (Å²) in [5.74, 6) is 0.539. The van der Waals surface area contributed by atoms with Gasteiger partial charge >= 0.3 is 0 Å². The summed E-state index contributed by atoms with van der Waals surface area (Å²) < 4.78 is 5.75. The maximum absolute atomic E-state index is 5.75. The standard InChI is InChI=1S/C11H18N2OS/c1-7(2)11-10(13-8(3)15-11)9-6-12-4-5-14-9/h7,9,12H,4-6H2,1-3H3. The molecule has 2 heterocycles. The summed E-state index contributed by atoms with van der Waals surface area (Å²) in [4.78, 5) is 5.99. The summed E-state index contributed by atoms with van der Waals surface area (Å²) in [5, 5.41) is 4.49. The molecule has 4 heteroatoms. The summed E-state index contributed by atoms with van der Waals surface area (Å²) >= 11 is 1.80. The van der Waals surface area contributed by atoms with Gasteiger partial charge in [0.1, 0.15) is 6.10 Å². The van der Waals surface area contributed by atoms with Gasteiger partial charge in [0, 0.05) is 18.0 Å². The van der Waals surface area contributed by atoms with Crippen LogP contribution in [0.15, 0.2) is 0 Å². The quantitative estimate of drug-likeness (QED) is 0.839. The molecule has 1 aliphatic heterocycles. The Hall–Kier alpha value is -0.450. The highest BCUT2D eigenvalue weighted by Gasteiger charge is 2.23. The van der Waals surface area contributed by atoms with Crippen LogP contribution in [0.2, 0.25) is 0 Å². The van der Waals surface area contributed by atoms with E-state index in [1.165, 1.54) is 4.88 Å². The highest BCUT2D eigenvalue weighted by molar-refractivity contribution is 7.11. The molecule has 1 saturated heterocycles. The number of rotatable bonds is 2. The Bertz CT molecular complexity index is 329. The van der Waals surface area contributed by atoms with Gasteiger partial charge in [-0.15, -0.1) is 11.3 Å². The van der Waals surface area contributed by atoms with Crippen molar-refractivity contribution in [2.75, 3.05) is 19.7 Å². The van der Waals surface area contributed by atoms with E-state index in [0.29, 0.717) is 5.92 Å². The molecule has 1 atom stereocenters. The fourth-order valence-electron chi connectivity index (χ4n) is 1.84. The second-order valence-electron chi connectivity index (χ2n) is 4.20. The fourth-order valence-corrected chi connectivity index (χ4v) is 2.82. The molecule has 1 unspecified atom stereocenters. The highest BCUT2D eigenvalue weighted by Crippen LogP contribution is 2.32. The van der Waals surface area contributed by atoms with Gasteiger partial charge in [-0.2, -0.15) is 0 Å². The average Bonchev–Trinajstić information content (AvgIpc) is 2.62. The second kappa shape index (κ2) is 4.60. The average molecular weight is 226 g/mol. The third-order valence-electron chi connectivity index (χ3n) is 2.54. The normalized spacial score (nSPS) is 22.3. The predicted molar refractivity (Wildman–Crippen MR) is 62.5 cm³/mol. The molecule has 1 aromatic rings. The molecule has 0 saturated carbocycles. The molecule has 1 aliphatic rings. The van der Waals surface area contributed by atoms with Gasteiger partial charge < -0.3 is 10.1 Å². The SMILES string of the molecule is Cc1nc(C2CNCCO2)c(C(C)C)s1. The number of thiazole rings is 1. The van der Waals surface area contributed by atoms with Crippen molar-refractivity contribution in [3.63, 3.8) is 0 Å². The van der Waals surface area contributed by atoms with Crippen LogP contribution in [0.4, 0.5) is 0 Å². The van der Waals surface area contributed by atoms with Gasteiger partial charge in [0.25, 0.3) is 0 Å². The minimum Gasteiger partial charge on any atom is -0.369 e. The molecule has 1 fully saturated rings. The van der Waals surface area contributed by atoms with Crippen molar-refractivity contribution < 1.29 is 4.74 Å². The summed E-state index contributed by atoms with van der Waals surface area (Å²) in [7, 11) is 0. The Morgan fingerprint density at radius 2 is 2.33 bits per heavy atom. The Morgan fingerprint density at radius 3 is 2.93 bits per heavy atom. The Labute approximate surface area is 94.9 Å². The molecule has 0 amide bonds. The predicted octanol–water partition coefficient (Wildman–Crippen LogP) is 2.24. The van der Waals surface area contributed by atoms with Crippen molar-refractivity contribution in [3.8, 4) is 0 Å². The number of morpholine rings is 1. The topological polar surface area (TPSA) is 34.2 Å². The minimum atomic E-state index is 0.154. The van der Waals surface area contributed by atoms with Crippen molar-refractivity contribution in [1.82, 2.24) is 10.3 Å². The largest absolute Gasteiger partial charge is 0.369 e. The molecule has 0 aromatic carbocycles. The number of hydrogen-bond donors (Lipinski definition) is 1. The zero-order valence-corrected chi connectivity index (χ0v) is 10.4. The monoisotopic (exact) mass is 226 g/mol. The molecule has 1 aromatic heterocycles. The molecule has 0 radical (unpaired) electrons. The number of nitrogens with one attached hydrogen (secondary N) is 1. The zero-order valence-electron chi connectivity index (χ0n) is 9.54. The third kappa shape index (κ3) is 2.38. The molecule has 84 valence electrons. The van der Waals surface area contributed by atoms with E-state index < -0.39 is 0 Å². The molecule has 2 rings (SSSR count). The molecule has 0 spiro atoms. The Balaban J connectivity index is 2.25. The van der Waals surface area contributed by atoms with Crippen LogP contribution in [0.1, 0.15) is 41.4 Å². The minimum absolute atomic E-state index is 0.154. The van der Waals surface area contributed by atoms with Gasteiger partial charge in [0.2, 0.25) is 0 Å². The van der Waals surface area contributed by atoms with Gasteiger partial charge in [-0.1, -0.05) is 13.8 Å². The summed E-state index contributed by atoms with van der Waals surface area (Å²) in [6.45, 7) is 9.13. The van der Waals surface area contributed by atoms with Crippen LogP contribution in [0.5, 0.6) is 0 Å². The molecule has 0 bridgehead atoms. The molecule has 15 heavy (non-hydrogen) atoms. The van der Waals surface area contributed by atoms with Crippen molar-refractivity contribution >= 4 is 11.3 Å². The van der Waals surface area contributed by atoms with Gasteiger partial charge in [0.05, 0.1) is 17.3 Å². The van der Waals surface area contributed by atoms with E-state index in [1.54, 1.807) is 11.3 Å². The smallest absolute Gasteiger partial charge is 0.113 e. The summed E-state index contributed by atoms with van der Waals surface area (Å²) in [6.07, 6.45) is 0.154.